The molecule has 132 valence electrons. The van der Waals surface area contributed by atoms with Gasteiger partial charge in [0, 0.05) is 30.3 Å². The van der Waals surface area contributed by atoms with Gasteiger partial charge in [-0.15, -0.1) is 11.3 Å². The number of hydrogen-bond donors (Lipinski definition) is 0. The van der Waals surface area contributed by atoms with E-state index in [0.717, 1.165) is 4.88 Å². The van der Waals surface area contributed by atoms with Crippen molar-refractivity contribution in [3.63, 3.8) is 0 Å². The van der Waals surface area contributed by atoms with Crippen LogP contribution in [-0.4, -0.2) is 36.9 Å². The Kier molecular flexibility index (Phi) is 5.38. The predicted molar refractivity (Wildman–Crippen MR) is 96.5 cm³/mol. The summed E-state index contributed by atoms with van der Waals surface area (Å²) in [4.78, 5) is 27.6. The predicted octanol–water partition coefficient (Wildman–Crippen LogP) is 3.70. The van der Waals surface area contributed by atoms with Gasteiger partial charge in [-0.3, -0.25) is 9.59 Å². The zero-order valence-corrected chi connectivity index (χ0v) is 15.2. The molecule has 2 heterocycles. The molecule has 0 saturated carbocycles. The molecule has 3 rings (SSSR count). The maximum atomic E-state index is 12.4. The Morgan fingerprint density at radius 3 is 2.64 bits per heavy atom. The molecule has 0 radical (unpaired) electrons. The first-order valence-electron chi connectivity index (χ1n) is 8.28. The minimum absolute atomic E-state index is 0.0110. The van der Waals surface area contributed by atoms with E-state index < -0.39 is 0 Å². The SMILES string of the molecule is CC(c1cccs1)N(C)C(=O)CCC(=O)c1ccc2c(c1)OCCO2. The molecule has 0 saturated heterocycles. The lowest BCUT2D eigenvalue weighted by Gasteiger charge is -2.24. The Balaban J connectivity index is 1.57. The molecule has 0 N–H and O–H groups in total. The first-order chi connectivity index (χ1) is 12.1. The van der Waals surface area contributed by atoms with Gasteiger partial charge in [-0.2, -0.15) is 0 Å². The van der Waals surface area contributed by atoms with Gasteiger partial charge in [-0.25, -0.2) is 0 Å². The Morgan fingerprint density at radius 1 is 1.16 bits per heavy atom. The van der Waals surface area contributed by atoms with Crippen LogP contribution < -0.4 is 9.47 Å². The lowest BCUT2D eigenvalue weighted by atomic mass is 10.0. The van der Waals surface area contributed by atoms with Gasteiger partial charge in [0.1, 0.15) is 13.2 Å². The topological polar surface area (TPSA) is 55.8 Å². The average Bonchev–Trinajstić information content (AvgIpc) is 3.18. The van der Waals surface area contributed by atoms with Gasteiger partial charge < -0.3 is 14.4 Å². The van der Waals surface area contributed by atoms with Gasteiger partial charge >= 0.3 is 0 Å². The Morgan fingerprint density at radius 2 is 1.92 bits per heavy atom. The summed E-state index contributed by atoms with van der Waals surface area (Å²) in [7, 11) is 1.78. The van der Waals surface area contributed by atoms with Crippen molar-refractivity contribution in [1.82, 2.24) is 4.90 Å². The van der Waals surface area contributed by atoms with Crippen molar-refractivity contribution < 1.29 is 19.1 Å². The van der Waals surface area contributed by atoms with Gasteiger partial charge in [-0.05, 0) is 36.6 Å². The fraction of sp³-hybridized carbons (Fsp3) is 0.368. The Labute approximate surface area is 151 Å². The fourth-order valence-corrected chi connectivity index (χ4v) is 3.52. The zero-order chi connectivity index (χ0) is 17.8. The number of Topliss-reactive ketones (excluding diaryl/α,β-unsaturated/α-hetero) is 1. The van der Waals surface area contributed by atoms with E-state index >= 15 is 0 Å². The van der Waals surface area contributed by atoms with Gasteiger partial charge in [0.15, 0.2) is 17.3 Å². The molecule has 0 aliphatic carbocycles. The molecule has 0 spiro atoms. The van der Waals surface area contributed by atoms with Crippen LogP contribution in [0.25, 0.3) is 0 Å². The number of ether oxygens (including phenoxy) is 2. The van der Waals surface area contributed by atoms with Crippen LogP contribution >= 0.6 is 11.3 Å². The normalized spacial score (nSPS) is 14.0. The number of rotatable bonds is 6. The molecule has 1 aromatic heterocycles. The zero-order valence-electron chi connectivity index (χ0n) is 14.4. The van der Waals surface area contributed by atoms with Crippen LogP contribution in [0.15, 0.2) is 35.7 Å². The molecule has 1 amide bonds. The second-order valence-electron chi connectivity index (χ2n) is 5.98. The van der Waals surface area contributed by atoms with Crippen LogP contribution in [0.5, 0.6) is 11.5 Å². The summed E-state index contributed by atoms with van der Waals surface area (Å²) in [5.74, 6) is 1.14. The lowest BCUT2D eigenvalue weighted by Crippen LogP contribution is -2.29. The summed E-state index contributed by atoms with van der Waals surface area (Å²) in [6, 6.07) is 9.16. The first kappa shape index (κ1) is 17.5. The third-order valence-electron chi connectivity index (χ3n) is 4.36. The molecule has 1 aliphatic heterocycles. The second kappa shape index (κ2) is 7.70. The van der Waals surface area contributed by atoms with E-state index in [1.165, 1.54) is 0 Å². The van der Waals surface area contributed by atoms with E-state index in [0.29, 0.717) is 30.3 Å². The summed E-state index contributed by atoms with van der Waals surface area (Å²) >= 11 is 1.62. The minimum Gasteiger partial charge on any atom is -0.486 e. The standard InChI is InChI=1S/C19H21NO4S/c1-13(18-4-3-11-25-18)20(2)19(22)8-6-15(21)14-5-7-16-17(12-14)24-10-9-23-16/h3-5,7,11-13H,6,8-10H2,1-2H3. The van der Waals surface area contributed by atoms with Crippen LogP contribution in [0.1, 0.15) is 41.0 Å². The first-order valence-corrected chi connectivity index (χ1v) is 9.16. The second-order valence-corrected chi connectivity index (χ2v) is 6.96. The molecular formula is C19H21NO4S. The number of hydrogen-bond acceptors (Lipinski definition) is 5. The highest BCUT2D eigenvalue weighted by molar-refractivity contribution is 7.10. The highest BCUT2D eigenvalue weighted by Gasteiger charge is 2.20. The highest BCUT2D eigenvalue weighted by atomic mass is 32.1. The summed E-state index contributed by atoms with van der Waals surface area (Å²) in [6.45, 7) is 2.99. The van der Waals surface area contributed by atoms with E-state index in [4.69, 9.17) is 9.47 Å². The summed E-state index contributed by atoms with van der Waals surface area (Å²) in [6.07, 6.45) is 0.374. The molecule has 6 heteroatoms. The quantitative estimate of drug-likeness (QED) is 0.738. The number of carbonyl (C=O) groups is 2. The number of fused-ring (bicyclic) bond motifs is 1. The number of benzene rings is 1. The summed E-state index contributed by atoms with van der Waals surface area (Å²) in [5, 5.41) is 2.00. The van der Waals surface area contributed by atoms with E-state index in [2.05, 4.69) is 0 Å². The molecule has 1 aliphatic rings. The number of thiophene rings is 1. The van der Waals surface area contributed by atoms with Gasteiger partial charge in [0.05, 0.1) is 6.04 Å². The van der Waals surface area contributed by atoms with E-state index in [1.807, 2.05) is 24.4 Å². The Hall–Kier alpha value is -2.34. The third kappa shape index (κ3) is 4.02. The van der Waals surface area contributed by atoms with Gasteiger partial charge in [-0.1, -0.05) is 6.07 Å². The van der Waals surface area contributed by atoms with Crippen LogP contribution in [0.3, 0.4) is 0 Å². The van der Waals surface area contributed by atoms with Gasteiger partial charge in [0.2, 0.25) is 5.91 Å². The van der Waals surface area contributed by atoms with Crippen molar-refractivity contribution in [3.8, 4) is 11.5 Å². The maximum Gasteiger partial charge on any atom is 0.223 e. The molecule has 1 aromatic carbocycles. The van der Waals surface area contributed by atoms with Crippen molar-refractivity contribution in [2.45, 2.75) is 25.8 Å². The molecule has 5 nitrogen and oxygen atoms in total. The number of ketones is 1. The third-order valence-corrected chi connectivity index (χ3v) is 5.40. The molecule has 2 aromatic rings. The molecule has 1 unspecified atom stereocenters. The number of amides is 1. The average molecular weight is 359 g/mol. The van der Waals surface area contributed by atoms with Crippen LogP contribution in [0.4, 0.5) is 0 Å². The van der Waals surface area contributed by atoms with Crippen molar-refractivity contribution in [3.05, 3.63) is 46.2 Å². The monoisotopic (exact) mass is 359 g/mol. The molecular weight excluding hydrogens is 338 g/mol. The molecule has 0 bridgehead atoms. The maximum absolute atomic E-state index is 12.4. The Bertz CT molecular complexity index is 757. The van der Waals surface area contributed by atoms with Crippen molar-refractivity contribution >= 4 is 23.0 Å². The van der Waals surface area contributed by atoms with Crippen molar-refractivity contribution in [2.75, 3.05) is 20.3 Å². The smallest absolute Gasteiger partial charge is 0.223 e. The molecule has 25 heavy (non-hydrogen) atoms. The van der Waals surface area contributed by atoms with E-state index in [1.54, 1.807) is 41.5 Å². The van der Waals surface area contributed by atoms with E-state index in [-0.39, 0.29) is 30.6 Å². The van der Waals surface area contributed by atoms with Crippen molar-refractivity contribution in [1.29, 1.82) is 0 Å². The minimum atomic E-state index is -0.0671. The van der Waals surface area contributed by atoms with Crippen LogP contribution in [-0.2, 0) is 4.79 Å². The lowest BCUT2D eigenvalue weighted by molar-refractivity contribution is -0.131. The highest BCUT2D eigenvalue weighted by Crippen LogP contribution is 2.31. The molecule has 0 fully saturated rings. The van der Waals surface area contributed by atoms with E-state index in [9.17, 15) is 9.59 Å². The van der Waals surface area contributed by atoms with Crippen molar-refractivity contribution in [2.24, 2.45) is 0 Å². The van der Waals surface area contributed by atoms with Crippen LogP contribution in [0, 0.1) is 0 Å². The summed E-state index contributed by atoms with van der Waals surface area (Å²) < 4.78 is 11.0. The van der Waals surface area contributed by atoms with Crippen LogP contribution in [0.2, 0.25) is 0 Å². The summed E-state index contributed by atoms with van der Waals surface area (Å²) in [5.41, 5.74) is 0.547. The number of carbonyl (C=O) groups excluding carboxylic acids is 2. The number of nitrogens with zero attached hydrogens (tertiary/aromatic N) is 1. The van der Waals surface area contributed by atoms with Gasteiger partial charge in [0.25, 0.3) is 0 Å². The largest absolute Gasteiger partial charge is 0.486 e. The molecule has 1 atom stereocenters. The fourth-order valence-electron chi connectivity index (χ4n) is 2.69.